The third-order valence-corrected chi connectivity index (χ3v) is 4.57. The van der Waals surface area contributed by atoms with Gasteiger partial charge in [0.15, 0.2) is 0 Å². The molecule has 0 radical (unpaired) electrons. The molecule has 1 aliphatic rings. The normalized spacial score (nSPS) is 14.8. The third-order valence-electron chi connectivity index (χ3n) is 4.57. The number of hydrogen-bond acceptors (Lipinski definition) is 3. The van der Waals surface area contributed by atoms with E-state index in [4.69, 9.17) is 9.47 Å². The lowest BCUT2D eigenvalue weighted by atomic mass is 9.97. The Morgan fingerprint density at radius 2 is 1.69 bits per heavy atom. The van der Waals surface area contributed by atoms with Crippen molar-refractivity contribution in [3.8, 4) is 11.5 Å². The number of hydrogen-bond donors (Lipinski definition) is 0. The van der Waals surface area contributed by atoms with Crippen LogP contribution in [0, 0.1) is 5.92 Å². The zero-order valence-electron chi connectivity index (χ0n) is 15.0. The predicted molar refractivity (Wildman–Crippen MR) is 103 cm³/mol. The minimum atomic E-state index is 0.0849. The van der Waals surface area contributed by atoms with Crippen molar-refractivity contribution in [3.63, 3.8) is 0 Å². The predicted octanol–water partition coefficient (Wildman–Crippen LogP) is 4.53. The highest BCUT2D eigenvalue weighted by molar-refractivity contribution is 5.94. The van der Waals surface area contributed by atoms with Crippen LogP contribution < -0.4 is 4.74 Å². The number of piperidine rings is 1. The van der Waals surface area contributed by atoms with Crippen molar-refractivity contribution in [2.45, 2.75) is 12.8 Å². The average Bonchev–Trinajstić information content (AvgIpc) is 2.70. The van der Waals surface area contributed by atoms with Crippen molar-refractivity contribution in [1.82, 2.24) is 4.90 Å². The molecule has 136 valence electrons. The van der Waals surface area contributed by atoms with Crippen molar-refractivity contribution in [2.24, 2.45) is 5.92 Å². The van der Waals surface area contributed by atoms with E-state index in [1.807, 2.05) is 59.5 Å². The summed E-state index contributed by atoms with van der Waals surface area (Å²) in [7, 11) is 0. The van der Waals surface area contributed by atoms with Gasteiger partial charge in [-0.15, -0.1) is 6.58 Å². The van der Waals surface area contributed by atoms with Gasteiger partial charge in [0, 0.05) is 25.3 Å². The van der Waals surface area contributed by atoms with E-state index in [1.54, 1.807) is 6.08 Å². The van der Waals surface area contributed by atoms with E-state index in [0.717, 1.165) is 44.0 Å². The maximum Gasteiger partial charge on any atom is 0.253 e. The van der Waals surface area contributed by atoms with E-state index in [-0.39, 0.29) is 5.91 Å². The SMILES string of the molecule is C=CCOCC1CCN(C(=O)c2ccc(Oc3ccccc3)cc2)CC1. The molecule has 1 aliphatic heterocycles. The summed E-state index contributed by atoms with van der Waals surface area (Å²) in [6.45, 7) is 6.56. The molecular weight excluding hydrogens is 326 g/mol. The summed E-state index contributed by atoms with van der Waals surface area (Å²) in [4.78, 5) is 14.6. The van der Waals surface area contributed by atoms with Gasteiger partial charge in [-0.05, 0) is 55.2 Å². The summed E-state index contributed by atoms with van der Waals surface area (Å²) < 4.78 is 11.3. The average molecular weight is 351 g/mol. The van der Waals surface area contributed by atoms with Crippen LogP contribution in [0.1, 0.15) is 23.2 Å². The van der Waals surface area contributed by atoms with E-state index in [0.29, 0.717) is 18.1 Å². The number of nitrogens with zero attached hydrogens (tertiary/aromatic N) is 1. The Labute approximate surface area is 155 Å². The van der Waals surface area contributed by atoms with E-state index < -0.39 is 0 Å². The number of likely N-dealkylation sites (tertiary alicyclic amines) is 1. The Kier molecular flexibility index (Phi) is 6.45. The maximum atomic E-state index is 12.7. The summed E-state index contributed by atoms with van der Waals surface area (Å²) in [5.74, 6) is 2.13. The van der Waals surface area contributed by atoms with Gasteiger partial charge in [-0.25, -0.2) is 0 Å². The smallest absolute Gasteiger partial charge is 0.253 e. The molecule has 1 saturated heterocycles. The second-order valence-electron chi connectivity index (χ2n) is 6.50. The summed E-state index contributed by atoms with van der Waals surface area (Å²) in [5, 5.41) is 0. The molecule has 0 unspecified atom stereocenters. The Balaban J connectivity index is 1.51. The third kappa shape index (κ3) is 4.96. The van der Waals surface area contributed by atoms with Crippen LogP contribution in [0.3, 0.4) is 0 Å². The van der Waals surface area contributed by atoms with Crippen molar-refractivity contribution in [2.75, 3.05) is 26.3 Å². The molecule has 3 rings (SSSR count). The van der Waals surface area contributed by atoms with Crippen molar-refractivity contribution < 1.29 is 14.3 Å². The van der Waals surface area contributed by atoms with Crippen LogP contribution in [0.4, 0.5) is 0 Å². The molecule has 0 aliphatic carbocycles. The topological polar surface area (TPSA) is 38.8 Å². The molecule has 2 aromatic carbocycles. The number of carbonyl (C=O) groups excluding carboxylic acids is 1. The highest BCUT2D eigenvalue weighted by Crippen LogP contribution is 2.23. The molecule has 0 spiro atoms. The zero-order valence-corrected chi connectivity index (χ0v) is 15.0. The standard InChI is InChI=1S/C22H25NO3/c1-2-16-25-17-18-12-14-23(15-13-18)22(24)19-8-10-21(11-9-19)26-20-6-4-3-5-7-20/h2-11,18H,1,12-17H2. The van der Waals surface area contributed by atoms with Crippen molar-refractivity contribution >= 4 is 5.91 Å². The lowest BCUT2D eigenvalue weighted by Crippen LogP contribution is -2.39. The fourth-order valence-corrected chi connectivity index (χ4v) is 3.09. The van der Waals surface area contributed by atoms with Gasteiger partial charge in [-0.2, -0.15) is 0 Å². The molecule has 1 amide bonds. The summed E-state index contributed by atoms with van der Waals surface area (Å²) in [6, 6.07) is 17.0. The minimum Gasteiger partial charge on any atom is -0.457 e. The van der Waals surface area contributed by atoms with Crippen molar-refractivity contribution in [3.05, 3.63) is 72.8 Å². The lowest BCUT2D eigenvalue weighted by molar-refractivity contribution is 0.0575. The van der Waals surface area contributed by atoms with Crippen molar-refractivity contribution in [1.29, 1.82) is 0 Å². The zero-order chi connectivity index (χ0) is 18.2. The van der Waals surface area contributed by atoms with E-state index in [2.05, 4.69) is 6.58 Å². The first-order valence-electron chi connectivity index (χ1n) is 9.07. The molecule has 1 fully saturated rings. The number of carbonyl (C=O) groups is 1. The number of ether oxygens (including phenoxy) is 2. The number of rotatable bonds is 7. The second-order valence-corrected chi connectivity index (χ2v) is 6.50. The Hall–Kier alpha value is -2.59. The van der Waals surface area contributed by atoms with Crippen LogP contribution >= 0.6 is 0 Å². The van der Waals surface area contributed by atoms with Gasteiger partial charge in [0.1, 0.15) is 11.5 Å². The first-order chi connectivity index (χ1) is 12.8. The van der Waals surface area contributed by atoms with Gasteiger partial charge in [-0.3, -0.25) is 4.79 Å². The van der Waals surface area contributed by atoms with Crippen LogP contribution in [0.5, 0.6) is 11.5 Å². The van der Waals surface area contributed by atoms with E-state index in [1.165, 1.54) is 0 Å². The molecule has 0 N–H and O–H groups in total. The van der Waals surface area contributed by atoms with Gasteiger partial charge in [0.2, 0.25) is 0 Å². The highest BCUT2D eigenvalue weighted by Gasteiger charge is 2.23. The van der Waals surface area contributed by atoms with Gasteiger partial charge < -0.3 is 14.4 Å². The lowest BCUT2D eigenvalue weighted by Gasteiger charge is -2.32. The van der Waals surface area contributed by atoms with Gasteiger partial charge >= 0.3 is 0 Å². The minimum absolute atomic E-state index is 0.0849. The van der Waals surface area contributed by atoms with Crippen LogP contribution in [-0.4, -0.2) is 37.1 Å². The van der Waals surface area contributed by atoms with E-state index >= 15 is 0 Å². The summed E-state index contributed by atoms with van der Waals surface area (Å²) in [6.07, 6.45) is 3.74. The number of benzene rings is 2. The Morgan fingerprint density at radius 1 is 1.04 bits per heavy atom. The fraction of sp³-hybridized carbons (Fsp3) is 0.318. The number of para-hydroxylation sites is 1. The molecule has 0 bridgehead atoms. The molecule has 1 heterocycles. The number of amides is 1. The Bertz CT molecular complexity index is 704. The molecule has 26 heavy (non-hydrogen) atoms. The molecule has 0 atom stereocenters. The molecule has 0 saturated carbocycles. The summed E-state index contributed by atoms with van der Waals surface area (Å²) >= 11 is 0. The van der Waals surface area contributed by atoms with Crippen LogP contribution in [0.25, 0.3) is 0 Å². The van der Waals surface area contributed by atoms with Crippen LogP contribution in [0.2, 0.25) is 0 Å². The fourth-order valence-electron chi connectivity index (χ4n) is 3.09. The Morgan fingerprint density at radius 3 is 2.35 bits per heavy atom. The van der Waals surface area contributed by atoms with E-state index in [9.17, 15) is 4.79 Å². The highest BCUT2D eigenvalue weighted by atomic mass is 16.5. The van der Waals surface area contributed by atoms with Crippen LogP contribution in [-0.2, 0) is 4.74 Å². The molecular formula is C22H25NO3. The first kappa shape index (κ1) is 18.2. The molecule has 4 nitrogen and oxygen atoms in total. The molecule has 0 aromatic heterocycles. The molecule has 4 heteroatoms. The maximum absolute atomic E-state index is 12.7. The first-order valence-corrected chi connectivity index (χ1v) is 9.07. The quantitative estimate of drug-likeness (QED) is 0.543. The monoisotopic (exact) mass is 351 g/mol. The summed E-state index contributed by atoms with van der Waals surface area (Å²) in [5.41, 5.74) is 0.701. The van der Waals surface area contributed by atoms with Crippen LogP contribution in [0.15, 0.2) is 67.3 Å². The van der Waals surface area contributed by atoms with Gasteiger partial charge in [0.05, 0.1) is 6.61 Å². The van der Waals surface area contributed by atoms with Gasteiger partial charge in [-0.1, -0.05) is 24.3 Å². The second kappa shape index (κ2) is 9.20. The largest absolute Gasteiger partial charge is 0.457 e. The van der Waals surface area contributed by atoms with Gasteiger partial charge in [0.25, 0.3) is 5.91 Å². The molecule has 2 aromatic rings.